The molecule has 1 fully saturated rings. The number of hydrogen-bond acceptors (Lipinski definition) is 3. The van der Waals surface area contributed by atoms with Crippen molar-refractivity contribution in [3.63, 3.8) is 0 Å². The van der Waals surface area contributed by atoms with Gasteiger partial charge in [-0.3, -0.25) is 4.79 Å². The summed E-state index contributed by atoms with van der Waals surface area (Å²) in [7, 11) is -3.56. The fourth-order valence-electron chi connectivity index (χ4n) is 4.79. The van der Waals surface area contributed by atoms with Crippen molar-refractivity contribution >= 4 is 27.5 Å². The number of fused-ring (bicyclic) bond motifs is 1. The molecule has 1 saturated heterocycles. The summed E-state index contributed by atoms with van der Waals surface area (Å²) in [4.78, 5) is 13.2. The quantitative estimate of drug-likeness (QED) is 0.648. The molecule has 172 valence electrons. The lowest BCUT2D eigenvalue weighted by Crippen LogP contribution is -2.43. The SMILES string of the molecule is CC[C@H](NC(=O)C1CCN(S(=O)(=O)c2ccc(Cl)cc2)CC1)c1ccc2c(c1)CCCC2. The fraction of sp³-hybridized carbons (Fsp3) is 0.480. The van der Waals surface area contributed by atoms with Crippen LogP contribution in [0.3, 0.4) is 0 Å². The van der Waals surface area contributed by atoms with Gasteiger partial charge in [0.2, 0.25) is 15.9 Å². The second-order valence-electron chi connectivity index (χ2n) is 8.84. The van der Waals surface area contributed by atoms with E-state index in [0.29, 0.717) is 31.0 Å². The molecule has 1 amide bonds. The molecule has 5 nitrogen and oxygen atoms in total. The van der Waals surface area contributed by atoms with Crippen molar-refractivity contribution in [1.29, 1.82) is 0 Å². The minimum absolute atomic E-state index is 0.00874. The van der Waals surface area contributed by atoms with E-state index < -0.39 is 10.0 Å². The van der Waals surface area contributed by atoms with E-state index in [1.807, 2.05) is 0 Å². The van der Waals surface area contributed by atoms with Crippen molar-refractivity contribution in [3.05, 3.63) is 64.2 Å². The van der Waals surface area contributed by atoms with Crippen LogP contribution in [0.4, 0.5) is 0 Å². The average Bonchev–Trinajstić information content (AvgIpc) is 2.82. The Labute approximate surface area is 196 Å². The first-order chi connectivity index (χ1) is 15.4. The van der Waals surface area contributed by atoms with Gasteiger partial charge in [0.05, 0.1) is 10.9 Å². The number of halogens is 1. The minimum atomic E-state index is -3.56. The summed E-state index contributed by atoms with van der Waals surface area (Å²) in [5.74, 6) is -0.142. The molecule has 0 unspecified atom stereocenters. The number of rotatable bonds is 6. The number of benzene rings is 2. The van der Waals surface area contributed by atoms with Crippen LogP contribution in [0.15, 0.2) is 47.4 Å². The summed E-state index contributed by atoms with van der Waals surface area (Å²) in [6.07, 6.45) is 6.64. The number of sulfonamides is 1. The van der Waals surface area contributed by atoms with E-state index in [-0.39, 0.29) is 22.8 Å². The Bertz CT molecular complexity index is 1060. The number of amides is 1. The van der Waals surface area contributed by atoms with Crippen LogP contribution in [0.5, 0.6) is 0 Å². The van der Waals surface area contributed by atoms with Crippen LogP contribution in [0, 0.1) is 5.92 Å². The van der Waals surface area contributed by atoms with E-state index in [1.54, 1.807) is 12.1 Å². The highest BCUT2D eigenvalue weighted by Crippen LogP contribution is 2.28. The van der Waals surface area contributed by atoms with Gasteiger partial charge >= 0.3 is 0 Å². The molecule has 2 aromatic rings. The second kappa shape index (κ2) is 9.94. The molecule has 7 heteroatoms. The highest BCUT2D eigenvalue weighted by atomic mass is 35.5. The predicted octanol–water partition coefficient (Wildman–Crippen LogP) is 4.89. The van der Waals surface area contributed by atoms with Crippen molar-refractivity contribution in [2.24, 2.45) is 5.92 Å². The van der Waals surface area contributed by atoms with Crippen LogP contribution in [0.25, 0.3) is 0 Å². The first kappa shape index (κ1) is 23.3. The molecule has 0 aromatic heterocycles. The van der Waals surface area contributed by atoms with Crippen LogP contribution in [-0.2, 0) is 27.7 Å². The molecule has 1 N–H and O–H groups in total. The first-order valence-corrected chi connectivity index (χ1v) is 13.4. The van der Waals surface area contributed by atoms with Crippen molar-refractivity contribution in [3.8, 4) is 0 Å². The minimum Gasteiger partial charge on any atom is -0.349 e. The van der Waals surface area contributed by atoms with Gasteiger partial charge in [-0.25, -0.2) is 8.42 Å². The molecule has 0 radical (unpaired) electrons. The Hall–Kier alpha value is -1.89. The predicted molar refractivity (Wildman–Crippen MR) is 127 cm³/mol. The Kier molecular flexibility index (Phi) is 7.23. The largest absolute Gasteiger partial charge is 0.349 e. The highest BCUT2D eigenvalue weighted by Gasteiger charge is 2.32. The topological polar surface area (TPSA) is 66.5 Å². The lowest BCUT2D eigenvalue weighted by Gasteiger charge is -2.31. The molecular weight excluding hydrogens is 444 g/mol. The number of nitrogens with one attached hydrogen (secondary N) is 1. The lowest BCUT2D eigenvalue weighted by molar-refractivity contribution is -0.126. The van der Waals surface area contributed by atoms with Gasteiger partial charge in [0.1, 0.15) is 0 Å². The van der Waals surface area contributed by atoms with Crippen LogP contribution >= 0.6 is 11.6 Å². The molecule has 0 bridgehead atoms. The Morgan fingerprint density at radius 2 is 1.72 bits per heavy atom. The standard InChI is InChI=1S/C25H31ClN2O3S/c1-2-24(21-8-7-18-5-3-4-6-20(18)17-21)27-25(29)19-13-15-28(16-14-19)32(30,31)23-11-9-22(26)10-12-23/h7-12,17,19,24H,2-6,13-16H2,1H3,(H,27,29)/t24-/m0/s1. The summed E-state index contributed by atoms with van der Waals surface area (Å²) in [5.41, 5.74) is 4.03. The summed E-state index contributed by atoms with van der Waals surface area (Å²) < 4.78 is 27.2. The molecular formula is C25H31ClN2O3S. The fourth-order valence-corrected chi connectivity index (χ4v) is 6.39. The van der Waals surface area contributed by atoms with Crippen LogP contribution in [0.2, 0.25) is 5.02 Å². The van der Waals surface area contributed by atoms with Gasteiger partial charge in [-0.15, -0.1) is 0 Å². The maximum absolute atomic E-state index is 13.0. The first-order valence-electron chi connectivity index (χ1n) is 11.6. The monoisotopic (exact) mass is 474 g/mol. The van der Waals surface area contributed by atoms with Gasteiger partial charge in [0.25, 0.3) is 0 Å². The highest BCUT2D eigenvalue weighted by molar-refractivity contribution is 7.89. The third kappa shape index (κ3) is 5.03. The van der Waals surface area contributed by atoms with Crippen molar-refractivity contribution in [2.75, 3.05) is 13.1 Å². The molecule has 4 rings (SSSR count). The number of nitrogens with zero attached hydrogens (tertiary/aromatic N) is 1. The number of carbonyl (C=O) groups excluding carboxylic acids is 1. The summed E-state index contributed by atoms with van der Waals surface area (Å²) in [5, 5.41) is 3.73. The molecule has 0 spiro atoms. The van der Waals surface area contributed by atoms with Crippen LogP contribution in [-0.4, -0.2) is 31.7 Å². The zero-order valence-electron chi connectivity index (χ0n) is 18.5. The van der Waals surface area contributed by atoms with Crippen LogP contribution in [0.1, 0.15) is 61.8 Å². The molecule has 32 heavy (non-hydrogen) atoms. The second-order valence-corrected chi connectivity index (χ2v) is 11.2. The number of hydrogen-bond donors (Lipinski definition) is 1. The normalized spacial score (nSPS) is 18.7. The van der Waals surface area contributed by atoms with Crippen LogP contribution < -0.4 is 5.32 Å². The van der Waals surface area contributed by atoms with Gasteiger partial charge < -0.3 is 5.32 Å². The van der Waals surface area contributed by atoms with Gasteiger partial charge in [-0.1, -0.05) is 36.7 Å². The van der Waals surface area contributed by atoms with E-state index in [1.165, 1.54) is 46.0 Å². The Balaban J connectivity index is 1.37. The third-order valence-electron chi connectivity index (χ3n) is 6.78. The van der Waals surface area contributed by atoms with Gasteiger partial charge in [0, 0.05) is 24.0 Å². The number of aryl methyl sites for hydroxylation is 2. The van der Waals surface area contributed by atoms with Crippen molar-refractivity contribution in [2.45, 2.75) is 62.8 Å². The number of carbonyl (C=O) groups is 1. The molecule has 1 aliphatic carbocycles. The van der Waals surface area contributed by atoms with E-state index in [9.17, 15) is 13.2 Å². The van der Waals surface area contributed by atoms with E-state index >= 15 is 0 Å². The molecule has 1 heterocycles. The average molecular weight is 475 g/mol. The maximum atomic E-state index is 13.0. The molecule has 2 aliphatic rings. The third-order valence-corrected chi connectivity index (χ3v) is 8.94. The zero-order chi connectivity index (χ0) is 22.7. The summed E-state index contributed by atoms with van der Waals surface area (Å²) >= 11 is 5.88. The van der Waals surface area contributed by atoms with Crippen molar-refractivity contribution < 1.29 is 13.2 Å². The summed E-state index contributed by atoms with van der Waals surface area (Å²) in [6, 6.07) is 12.9. The smallest absolute Gasteiger partial charge is 0.243 e. The molecule has 0 saturated carbocycles. The Morgan fingerprint density at radius 3 is 2.38 bits per heavy atom. The molecule has 2 aromatic carbocycles. The molecule has 1 aliphatic heterocycles. The van der Waals surface area contributed by atoms with E-state index in [2.05, 4.69) is 30.4 Å². The zero-order valence-corrected chi connectivity index (χ0v) is 20.1. The maximum Gasteiger partial charge on any atom is 0.243 e. The van der Waals surface area contributed by atoms with Gasteiger partial charge in [-0.2, -0.15) is 4.31 Å². The van der Waals surface area contributed by atoms with Gasteiger partial charge in [0.15, 0.2) is 0 Å². The summed E-state index contributed by atoms with van der Waals surface area (Å²) in [6.45, 7) is 2.78. The van der Waals surface area contributed by atoms with E-state index in [4.69, 9.17) is 11.6 Å². The van der Waals surface area contributed by atoms with Gasteiger partial charge in [-0.05, 0) is 85.9 Å². The Morgan fingerprint density at radius 1 is 1.06 bits per heavy atom. The van der Waals surface area contributed by atoms with Crippen molar-refractivity contribution in [1.82, 2.24) is 9.62 Å². The van der Waals surface area contributed by atoms with E-state index in [0.717, 1.165) is 19.3 Å². The lowest BCUT2D eigenvalue weighted by atomic mass is 9.88. The molecule has 1 atom stereocenters. The number of piperidine rings is 1.